The van der Waals surface area contributed by atoms with Gasteiger partial charge in [-0.05, 0) is 30.5 Å². The zero-order valence-electron chi connectivity index (χ0n) is 15.9. The molecule has 3 atom stereocenters. The summed E-state index contributed by atoms with van der Waals surface area (Å²) in [6.45, 7) is 0. The van der Waals surface area contributed by atoms with E-state index in [1.807, 2.05) is 0 Å². The molecule has 1 aromatic rings. The summed E-state index contributed by atoms with van der Waals surface area (Å²) in [6.07, 6.45) is -1.43. The van der Waals surface area contributed by atoms with Crippen molar-refractivity contribution in [2.45, 2.75) is 43.8 Å². The van der Waals surface area contributed by atoms with Crippen LogP contribution in [0.15, 0.2) is 24.3 Å². The molecule has 0 spiro atoms. The molecule has 12 heteroatoms. The van der Waals surface area contributed by atoms with Crippen LogP contribution in [0, 0.1) is 0 Å². The van der Waals surface area contributed by atoms with Crippen LogP contribution in [0.5, 0.6) is 5.75 Å². The minimum absolute atomic E-state index is 0.0334. The fourth-order valence-corrected chi connectivity index (χ4v) is 2.47. The van der Waals surface area contributed by atoms with Gasteiger partial charge in [0.2, 0.25) is 17.7 Å². The van der Waals surface area contributed by atoms with Gasteiger partial charge in [-0.3, -0.25) is 19.2 Å². The number of hydrogen-bond acceptors (Lipinski definition) is 7. The van der Waals surface area contributed by atoms with Crippen LogP contribution >= 0.6 is 0 Å². The van der Waals surface area contributed by atoms with Crippen LogP contribution in [-0.4, -0.2) is 63.1 Å². The van der Waals surface area contributed by atoms with Crippen molar-refractivity contribution >= 4 is 29.7 Å². The fourth-order valence-electron chi connectivity index (χ4n) is 2.47. The van der Waals surface area contributed by atoms with Crippen LogP contribution in [0.1, 0.15) is 24.8 Å². The number of phenolic OH excluding ortho intramolecular Hbond substituents is 1. The SMILES string of the molecule is NC(=O)C[C@H](NC(=O)[C@H](CCC(=O)O)NC(=O)[C@@H](N)Cc1ccc(O)cc1)C(=O)O. The van der Waals surface area contributed by atoms with Crippen LogP contribution in [-0.2, 0) is 30.4 Å². The van der Waals surface area contributed by atoms with E-state index in [-0.39, 0.29) is 18.6 Å². The molecule has 0 radical (unpaired) electrons. The number of benzene rings is 1. The quantitative estimate of drug-likeness (QED) is 0.198. The summed E-state index contributed by atoms with van der Waals surface area (Å²) in [5.41, 5.74) is 11.4. The molecule has 0 fully saturated rings. The number of rotatable bonds is 12. The van der Waals surface area contributed by atoms with E-state index in [0.717, 1.165) is 0 Å². The maximum atomic E-state index is 12.4. The summed E-state index contributed by atoms with van der Waals surface area (Å²) in [7, 11) is 0. The average Bonchev–Trinajstić information content (AvgIpc) is 2.65. The Labute approximate surface area is 171 Å². The molecule has 0 bridgehead atoms. The first-order valence-corrected chi connectivity index (χ1v) is 8.86. The Kier molecular flexibility index (Phi) is 9.23. The third kappa shape index (κ3) is 8.56. The van der Waals surface area contributed by atoms with Crippen molar-refractivity contribution in [1.29, 1.82) is 0 Å². The monoisotopic (exact) mass is 424 g/mol. The van der Waals surface area contributed by atoms with Gasteiger partial charge in [-0.2, -0.15) is 0 Å². The molecule has 164 valence electrons. The molecule has 1 aromatic carbocycles. The predicted molar refractivity (Wildman–Crippen MR) is 102 cm³/mol. The Morgan fingerprint density at radius 2 is 1.50 bits per heavy atom. The fraction of sp³-hybridized carbons (Fsp3) is 0.389. The first-order valence-electron chi connectivity index (χ1n) is 8.86. The minimum Gasteiger partial charge on any atom is -0.508 e. The lowest BCUT2D eigenvalue weighted by molar-refractivity contribution is -0.144. The molecule has 30 heavy (non-hydrogen) atoms. The van der Waals surface area contributed by atoms with Gasteiger partial charge in [0, 0.05) is 6.42 Å². The van der Waals surface area contributed by atoms with Crippen LogP contribution in [0.2, 0.25) is 0 Å². The number of carbonyl (C=O) groups is 5. The maximum Gasteiger partial charge on any atom is 0.326 e. The normalized spacial score (nSPS) is 13.5. The largest absolute Gasteiger partial charge is 0.508 e. The minimum atomic E-state index is -1.63. The highest BCUT2D eigenvalue weighted by molar-refractivity contribution is 5.93. The van der Waals surface area contributed by atoms with Gasteiger partial charge >= 0.3 is 11.9 Å². The summed E-state index contributed by atoms with van der Waals surface area (Å²) in [5.74, 6) is -5.45. The van der Waals surface area contributed by atoms with Gasteiger partial charge in [-0.15, -0.1) is 0 Å². The molecule has 0 aromatic heterocycles. The molecule has 1 rings (SSSR count). The van der Waals surface area contributed by atoms with Gasteiger partial charge < -0.3 is 37.4 Å². The Morgan fingerprint density at radius 3 is 2.00 bits per heavy atom. The number of nitrogens with two attached hydrogens (primary N) is 2. The van der Waals surface area contributed by atoms with Gasteiger partial charge in [0.15, 0.2) is 0 Å². The first-order chi connectivity index (χ1) is 14.0. The second-order valence-corrected chi connectivity index (χ2v) is 6.54. The number of amides is 3. The second kappa shape index (κ2) is 11.4. The van der Waals surface area contributed by atoms with E-state index in [2.05, 4.69) is 10.6 Å². The van der Waals surface area contributed by atoms with E-state index in [9.17, 15) is 29.1 Å². The molecule has 0 heterocycles. The van der Waals surface area contributed by atoms with Crippen LogP contribution in [0.4, 0.5) is 0 Å². The molecule has 0 aliphatic carbocycles. The molecule has 9 N–H and O–H groups in total. The van der Waals surface area contributed by atoms with Crippen molar-refractivity contribution in [3.63, 3.8) is 0 Å². The number of hydrogen-bond donors (Lipinski definition) is 7. The third-order valence-electron chi connectivity index (χ3n) is 4.03. The molecule has 3 amide bonds. The van der Waals surface area contributed by atoms with Crippen molar-refractivity contribution in [2.75, 3.05) is 0 Å². The highest BCUT2D eigenvalue weighted by Crippen LogP contribution is 2.11. The maximum absolute atomic E-state index is 12.4. The molecule has 12 nitrogen and oxygen atoms in total. The topological polar surface area (TPSA) is 222 Å². The van der Waals surface area contributed by atoms with Crippen molar-refractivity contribution < 1.29 is 39.3 Å². The summed E-state index contributed by atoms with van der Waals surface area (Å²) >= 11 is 0. The van der Waals surface area contributed by atoms with Gasteiger partial charge in [0.25, 0.3) is 0 Å². The molecule has 0 unspecified atom stereocenters. The van der Waals surface area contributed by atoms with Gasteiger partial charge in [0.1, 0.15) is 17.8 Å². The molecule has 0 aliphatic heterocycles. The summed E-state index contributed by atoms with van der Waals surface area (Å²) < 4.78 is 0. The first kappa shape index (κ1) is 24.4. The highest BCUT2D eigenvalue weighted by atomic mass is 16.4. The number of carboxylic acids is 2. The number of carbonyl (C=O) groups excluding carboxylic acids is 3. The number of phenols is 1. The standard InChI is InChI=1S/C18H24N4O8/c19-11(7-9-1-3-10(23)4-2-9)16(27)21-12(5-6-15(25)26)17(28)22-13(18(29)30)8-14(20)24/h1-4,11-13,23H,5-8,19H2,(H2,20,24)(H,21,27)(H,22,28)(H,25,26)(H,29,30)/t11-,12-,13-/m0/s1. The Balaban J connectivity index is 2.84. The van der Waals surface area contributed by atoms with Gasteiger partial charge in [-0.1, -0.05) is 12.1 Å². The highest BCUT2D eigenvalue weighted by Gasteiger charge is 2.29. The Bertz CT molecular complexity index is 796. The lowest BCUT2D eigenvalue weighted by atomic mass is 10.0. The van der Waals surface area contributed by atoms with Crippen LogP contribution in [0.3, 0.4) is 0 Å². The number of carboxylic acid groups (broad SMARTS) is 2. The molecular formula is C18H24N4O8. The molecule has 0 saturated carbocycles. The van der Waals surface area contributed by atoms with E-state index in [4.69, 9.17) is 21.7 Å². The molecular weight excluding hydrogens is 400 g/mol. The summed E-state index contributed by atoms with van der Waals surface area (Å²) in [4.78, 5) is 57.8. The number of aliphatic carboxylic acids is 2. The van der Waals surface area contributed by atoms with E-state index in [1.165, 1.54) is 12.1 Å². The smallest absolute Gasteiger partial charge is 0.326 e. The van der Waals surface area contributed by atoms with Crippen LogP contribution < -0.4 is 22.1 Å². The van der Waals surface area contributed by atoms with E-state index in [0.29, 0.717) is 5.56 Å². The summed E-state index contributed by atoms with van der Waals surface area (Å²) in [5, 5.41) is 31.6. The van der Waals surface area contributed by atoms with Gasteiger partial charge in [0.05, 0.1) is 12.5 Å². The van der Waals surface area contributed by atoms with Crippen molar-refractivity contribution in [3.05, 3.63) is 29.8 Å². The lowest BCUT2D eigenvalue weighted by Gasteiger charge is -2.22. The Morgan fingerprint density at radius 1 is 0.933 bits per heavy atom. The van der Waals surface area contributed by atoms with Crippen LogP contribution in [0.25, 0.3) is 0 Å². The van der Waals surface area contributed by atoms with Crippen molar-refractivity contribution in [2.24, 2.45) is 11.5 Å². The lowest BCUT2D eigenvalue weighted by Crippen LogP contribution is -2.55. The number of aromatic hydroxyl groups is 1. The third-order valence-corrected chi connectivity index (χ3v) is 4.03. The summed E-state index contributed by atoms with van der Waals surface area (Å²) in [6, 6.07) is 1.80. The Hall–Kier alpha value is -3.67. The predicted octanol–water partition coefficient (Wildman–Crippen LogP) is -1.94. The second-order valence-electron chi connectivity index (χ2n) is 6.54. The number of nitrogens with one attached hydrogen (secondary N) is 2. The number of primary amides is 1. The van der Waals surface area contributed by atoms with Gasteiger partial charge in [-0.25, -0.2) is 4.79 Å². The van der Waals surface area contributed by atoms with E-state index >= 15 is 0 Å². The van der Waals surface area contributed by atoms with Crippen molar-refractivity contribution in [3.8, 4) is 5.75 Å². The zero-order valence-corrected chi connectivity index (χ0v) is 15.9. The van der Waals surface area contributed by atoms with E-state index in [1.54, 1.807) is 12.1 Å². The molecule has 0 saturated heterocycles. The van der Waals surface area contributed by atoms with Crippen molar-refractivity contribution in [1.82, 2.24) is 10.6 Å². The zero-order chi connectivity index (χ0) is 22.8. The average molecular weight is 424 g/mol. The molecule has 0 aliphatic rings. The van der Waals surface area contributed by atoms with E-state index < -0.39 is 60.6 Å².